The second-order valence-electron chi connectivity index (χ2n) is 4.70. The van der Waals surface area contributed by atoms with Gasteiger partial charge in [-0.1, -0.05) is 13.8 Å². The summed E-state index contributed by atoms with van der Waals surface area (Å²) in [5, 5.41) is 4.05. The zero-order chi connectivity index (χ0) is 15.8. The van der Waals surface area contributed by atoms with Gasteiger partial charge in [0.25, 0.3) is 0 Å². The summed E-state index contributed by atoms with van der Waals surface area (Å²) in [5.41, 5.74) is 8.66. The first-order chi connectivity index (χ1) is 9.93. The molecule has 0 saturated heterocycles. The monoisotopic (exact) mass is 373 g/mol. The van der Waals surface area contributed by atoms with E-state index in [1.807, 2.05) is 19.1 Å². The maximum absolute atomic E-state index is 5.81. The van der Waals surface area contributed by atoms with Crippen LogP contribution in [0.5, 0.6) is 11.5 Å². The van der Waals surface area contributed by atoms with Crippen LogP contribution in [0.2, 0.25) is 0 Å². The van der Waals surface area contributed by atoms with Crippen LogP contribution >= 0.6 is 28.1 Å². The van der Waals surface area contributed by atoms with Crippen molar-refractivity contribution in [1.29, 1.82) is 0 Å². The van der Waals surface area contributed by atoms with Crippen molar-refractivity contribution in [3.05, 3.63) is 22.2 Å². The van der Waals surface area contributed by atoms with Gasteiger partial charge in [-0.3, -0.25) is 5.43 Å². The molecule has 0 unspecified atom stereocenters. The Balaban J connectivity index is 2.99. The predicted molar refractivity (Wildman–Crippen MR) is 93.2 cm³/mol. The Morgan fingerprint density at radius 1 is 1.48 bits per heavy atom. The summed E-state index contributed by atoms with van der Waals surface area (Å²) in [6.07, 6.45) is 1.61. The molecule has 21 heavy (non-hydrogen) atoms. The minimum atomic E-state index is 0.118. The van der Waals surface area contributed by atoms with Gasteiger partial charge in [0.05, 0.1) is 23.9 Å². The molecular formula is C14H20BrN3O2S. The van der Waals surface area contributed by atoms with Crippen LogP contribution in [-0.4, -0.2) is 24.5 Å². The zero-order valence-corrected chi connectivity index (χ0v) is 14.8. The summed E-state index contributed by atoms with van der Waals surface area (Å²) >= 11 is 8.18. The van der Waals surface area contributed by atoms with Gasteiger partial charge in [-0.25, -0.2) is 0 Å². The Bertz CT molecular complexity index is 521. The lowest BCUT2D eigenvalue weighted by Crippen LogP contribution is -2.24. The highest BCUT2D eigenvalue weighted by Crippen LogP contribution is 2.36. The summed E-state index contributed by atoms with van der Waals surface area (Å²) in [6, 6.07) is 3.75. The smallest absolute Gasteiger partial charge is 0.184 e. The Morgan fingerprint density at radius 2 is 2.19 bits per heavy atom. The molecule has 7 heteroatoms. The van der Waals surface area contributed by atoms with Crippen LogP contribution in [0.15, 0.2) is 21.7 Å². The standard InChI is InChI=1S/C14H20BrN3O2S/c1-4-19-12-6-10(7-17-18-14(16)21)5-11(15)13(12)20-8-9(2)3/h5-7,9H,4,8H2,1-3H3,(H3,16,18,21). The quantitative estimate of drug-likeness (QED) is 0.436. The van der Waals surface area contributed by atoms with Crippen LogP contribution in [-0.2, 0) is 0 Å². The lowest BCUT2D eigenvalue weighted by molar-refractivity contribution is 0.246. The third kappa shape index (κ3) is 6.31. The lowest BCUT2D eigenvalue weighted by atomic mass is 10.2. The molecule has 5 nitrogen and oxygen atoms in total. The fourth-order valence-electron chi connectivity index (χ4n) is 1.49. The third-order valence-corrected chi connectivity index (χ3v) is 2.96. The number of thiocarbonyl (C=S) groups is 1. The Labute approximate surface area is 139 Å². The summed E-state index contributed by atoms with van der Waals surface area (Å²) in [5.74, 6) is 1.80. The molecule has 1 rings (SSSR count). The van der Waals surface area contributed by atoms with E-state index < -0.39 is 0 Å². The van der Waals surface area contributed by atoms with E-state index >= 15 is 0 Å². The summed E-state index contributed by atoms with van der Waals surface area (Å²) in [7, 11) is 0. The van der Waals surface area contributed by atoms with E-state index in [1.165, 1.54) is 0 Å². The minimum Gasteiger partial charge on any atom is -0.490 e. The molecule has 0 aliphatic heterocycles. The van der Waals surface area contributed by atoms with Crippen LogP contribution in [0.3, 0.4) is 0 Å². The van der Waals surface area contributed by atoms with E-state index in [1.54, 1.807) is 6.21 Å². The molecule has 1 aromatic rings. The first kappa shape index (κ1) is 17.7. The average molecular weight is 374 g/mol. The molecule has 0 aliphatic rings. The van der Waals surface area contributed by atoms with Crippen molar-refractivity contribution < 1.29 is 9.47 Å². The van der Waals surface area contributed by atoms with Crippen molar-refractivity contribution in [2.75, 3.05) is 13.2 Å². The van der Waals surface area contributed by atoms with Crippen LogP contribution in [0, 0.1) is 5.92 Å². The average Bonchev–Trinajstić information content (AvgIpc) is 2.37. The number of ether oxygens (including phenoxy) is 2. The maximum Gasteiger partial charge on any atom is 0.184 e. The van der Waals surface area contributed by atoms with Gasteiger partial charge in [0.15, 0.2) is 16.6 Å². The molecule has 0 aliphatic carbocycles. The molecule has 1 aromatic carbocycles. The fraction of sp³-hybridized carbons (Fsp3) is 0.429. The van der Waals surface area contributed by atoms with Crippen molar-refractivity contribution in [2.24, 2.45) is 16.8 Å². The number of hydrazone groups is 1. The number of hydrogen-bond acceptors (Lipinski definition) is 4. The molecule has 116 valence electrons. The topological polar surface area (TPSA) is 68.9 Å². The van der Waals surface area contributed by atoms with Crippen molar-refractivity contribution >= 4 is 39.5 Å². The van der Waals surface area contributed by atoms with Gasteiger partial charge in [0, 0.05) is 0 Å². The highest BCUT2D eigenvalue weighted by molar-refractivity contribution is 9.10. The van der Waals surface area contributed by atoms with Crippen LogP contribution in [0.4, 0.5) is 0 Å². The molecule has 0 heterocycles. The van der Waals surface area contributed by atoms with E-state index in [4.69, 9.17) is 15.2 Å². The summed E-state index contributed by atoms with van der Waals surface area (Å²) < 4.78 is 12.2. The highest BCUT2D eigenvalue weighted by Gasteiger charge is 2.12. The number of nitrogens with two attached hydrogens (primary N) is 1. The minimum absolute atomic E-state index is 0.118. The van der Waals surface area contributed by atoms with Gasteiger partial charge in [0.2, 0.25) is 0 Å². The molecule has 0 bridgehead atoms. The number of nitrogens with zero attached hydrogens (tertiary/aromatic N) is 1. The van der Waals surface area contributed by atoms with Gasteiger partial charge >= 0.3 is 0 Å². The second-order valence-corrected chi connectivity index (χ2v) is 6.00. The number of nitrogens with one attached hydrogen (secondary N) is 1. The van der Waals surface area contributed by atoms with Gasteiger partial charge in [0.1, 0.15) is 0 Å². The van der Waals surface area contributed by atoms with E-state index in [0.29, 0.717) is 30.6 Å². The number of hydrogen-bond donors (Lipinski definition) is 2. The molecule has 0 spiro atoms. The molecule has 0 amide bonds. The van der Waals surface area contributed by atoms with E-state index in [9.17, 15) is 0 Å². The summed E-state index contributed by atoms with van der Waals surface area (Å²) in [6.45, 7) is 7.29. The normalized spacial score (nSPS) is 10.9. The molecule has 0 radical (unpaired) electrons. The van der Waals surface area contributed by atoms with Crippen molar-refractivity contribution in [1.82, 2.24) is 5.43 Å². The van der Waals surface area contributed by atoms with Gasteiger partial charge < -0.3 is 15.2 Å². The van der Waals surface area contributed by atoms with Crippen molar-refractivity contribution in [3.63, 3.8) is 0 Å². The molecule has 0 atom stereocenters. The van der Waals surface area contributed by atoms with Gasteiger partial charge in [-0.2, -0.15) is 5.10 Å². The number of rotatable bonds is 7. The molecule has 0 fully saturated rings. The lowest BCUT2D eigenvalue weighted by Gasteiger charge is -2.15. The Hall–Kier alpha value is -1.34. The largest absolute Gasteiger partial charge is 0.490 e. The van der Waals surface area contributed by atoms with Gasteiger partial charge in [-0.15, -0.1) is 0 Å². The Morgan fingerprint density at radius 3 is 2.76 bits per heavy atom. The maximum atomic E-state index is 5.81. The van der Waals surface area contributed by atoms with E-state index in [-0.39, 0.29) is 5.11 Å². The van der Waals surface area contributed by atoms with E-state index in [2.05, 4.69) is 52.5 Å². The second kappa shape index (κ2) is 8.84. The number of halogens is 1. The van der Waals surface area contributed by atoms with E-state index in [0.717, 1.165) is 10.0 Å². The third-order valence-electron chi connectivity index (χ3n) is 2.28. The molecule has 0 aromatic heterocycles. The first-order valence-electron chi connectivity index (χ1n) is 6.61. The molecule has 3 N–H and O–H groups in total. The summed E-state index contributed by atoms with van der Waals surface area (Å²) in [4.78, 5) is 0. The predicted octanol–water partition coefficient (Wildman–Crippen LogP) is 3.05. The van der Waals surface area contributed by atoms with Gasteiger partial charge in [-0.05, 0) is 58.7 Å². The van der Waals surface area contributed by atoms with Crippen molar-refractivity contribution in [3.8, 4) is 11.5 Å². The SMILES string of the molecule is CCOc1cc(C=NNC(N)=S)cc(Br)c1OCC(C)C. The Kier molecular flexibility index (Phi) is 7.45. The molecule has 0 saturated carbocycles. The number of benzene rings is 1. The molecular weight excluding hydrogens is 354 g/mol. The van der Waals surface area contributed by atoms with Crippen molar-refractivity contribution in [2.45, 2.75) is 20.8 Å². The zero-order valence-electron chi connectivity index (χ0n) is 12.4. The highest BCUT2D eigenvalue weighted by atomic mass is 79.9. The first-order valence-corrected chi connectivity index (χ1v) is 7.81. The van der Waals surface area contributed by atoms with Crippen LogP contribution in [0.1, 0.15) is 26.3 Å². The fourth-order valence-corrected chi connectivity index (χ4v) is 2.11. The van der Waals surface area contributed by atoms with Crippen LogP contribution < -0.4 is 20.6 Å². The van der Waals surface area contributed by atoms with Crippen LogP contribution in [0.25, 0.3) is 0 Å².